The monoisotopic (exact) mass is 351 g/mol. The molecule has 0 fully saturated rings. The summed E-state index contributed by atoms with van der Waals surface area (Å²) >= 11 is 0. The lowest BCUT2D eigenvalue weighted by Crippen LogP contribution is -2.21. The second kappa shape index (κ2) is 9.27. The van der Waals surface area contributed by atoms with Gasteiger partial charge in [0.15, 0.2) is 5.75 Å². The summed E-state index contributed by atoms with van der Waals surface area (Å²) in [5.74, 6) is 0.927. The zero-order valence-electron chi connectivity index (χ0n) is 13.5. The molecule has 6 nitrogen and oxygen atoms in total. The van der Waals surface area contributed by atoms with Crippen molar-refractivity contribution in [3.8, 4) is 11.5 Å². The van der Waals surface area contributed by atoms with Gasteiger partial charge in [0, 0.05) is 7.11 Å². The average molecular weight is 351 g/mol. The minimum atomic E-state index is -3.53. The van der Waals surface area contributed by atoms with E-state index in [-0.39, 0.29) is 12.4 Å². The number of para-hydroxylation sites is 3. The third kappa shape index (κ3) is 6.19. The van der Waals surface area contributed by atoms with Crippen molar-refractivity contribution in [3.63, 3.8) is 0 Å². The van der Waals surface area contributed by atoms with Crippen LogP contribution in [0.2, 0.25) is 0 Å². The fourth-order valence-electron chi connectivity index (χ4n) is 1.89. The molecule has 1 N–H and O–H groups in total. The normalized spacial score (nSPS) is 11.2. The fraction of sp³-hybridized carbons (Fsp3) is 0.294. The Balaban J connectivity index is 1.98. The summed E-state index contributed by atoms with van der Waals surface area (Å²) in [5, 5.41) is 0. The first kappa shape index (κ1) is 18.3. The predicted octanol–water partition coefficient (Wildman–Crippen LogP) is 2.88. The molecular weight excluding hydrogens is 330 g/mol. The van der Waals surface area contributed by atoms with E-state index < -0.39 is 10.0 Å². The molecule has 130 valence electrons. The van der Waals surface area contributed by atoms with Crippen LogP contribution in [0.4, 0.5) is 5.69 Å². The molecule has 24 heavy (non-hydrogen) atoms. The van der Waals surface area contributed by atoms with Gasteiger partial charge in [-0.05, 0) is 24.3 Å². The SMILES string of the molecule is COCCOCCS(=O)(=O)Nc1ccccc1Oc1ccccc1. The van der Waals surface area contributed by atoms with Crippen molar-refractivity contribution in [1.82, 2.24) is 0 Å². The molecule has 0 saturated heterocycles. The fourth-order valence-corrected chi connectivity index (χ4v) is 2.83. The van der Waals surface area contributed by atoms with E-state index in [1.54, 1.807) is 43.5 Å². The molecule has 2 aromatic rings. The summed E-state index contributed by atoms with van der Waals surface area (Å²) < 4.78 is 42.6. The lowest BCUT2D eigenvalue weighted by Gasteiger charge is -2.13. The van der Waals surface area contributed by atoms with Crippen LogP contribution in [0, 0.1) is 0 Å². The van der Waals surface area contributed by atoms with Gasteiger partial charge < -0.3 is 14.2 Å². The number of sulfonamides is 1. The van der Waals surface area contributed by atoms with Crippen LogP contribution in [-0.2, 0) is 19.5 Å². The zero-order chi connectivity index (χ0) is 17.3. The molecule has 0 amide bonds. The highest BCUT2D eigenvalue weighted by molar-refractivity contribution is 7.92. The molecule has 0 aliphatic carbocycles. The van der Waals surface area contributed by atoms with Crippen molar-refractivity contribution in [1.29, 1.82) is 0 Å². The number of ether oxygens (including phenoxy) is 3. The molecule has 0 unspecified atom stereocenters. The number of methoxy groups -OCH3 is 1. The summed E-state index contributed by atoms with van der Waals surface area (Å²) in [6.45, 7) is 0.890. The molecule has 0 saturated carbocycles. The first-order valence-electron chi connectivity index (χ1n) is 7.50. The van der Waals surface area contributed by atoms with E-state index in [4.69, 9.17) is 14.2 Å². The highest BCUT2D eigenvalue weighted by Crippen LogP contribution is 2.29. The maximum Gasteiger partial charge on any atom is 0.235 e. The lowest BCUT2D eigenvalue weighted by atomic mass is 10.3. The second-order valence-corrected chi connectivity index (χ2v) is 6.78. The number of rotatable bonds is 10. The Kier molecular flexibility index (Phi) is 7.05. The maximum atomic E-state index is 12.2. The smallest absolute Gasteiger partial charge is 0.235 e. The minimum Gasteiger partial charge on any atom is -0.455 e. The van der Waals surface area contributed by atoms with Gasteiger partial charge in [-0.25, -0.2) is 8.42 Å². The number of anilines is 1. The van der Waals surface area contributed by atoms with E-state index in [1.807, 2.05) is 18.2 Å². The number of hydrogen-bond donors (Lipinski definition) is 1. The van der Waals surface area contributed by atoms with Crippen LogP contribution < -0.4 is 9.46 Å². The summed E-state index contributed by atoms with van der Waals surface area (Å²) in [4.78, 5) is 0. The highest BCUT2D eigenvalue weighted by atomic mass is 32.2. The molecule has 0 aliphatic rings. The van der Waals surface area contributed by atoms with Crippen LogP contribution >= 0.6 is 0 Å². The molecule has 2 rings (SSSR count). The molecule has 0 spiro atoms. The molecule has 2 aromatic carbocycles. The van der Waals surface area contributed by atoms with Gasteiger partial charge >= 0.3 is 0 Å². The Morgan fingerprint density at radius 1 is 0.917 bits per heavy atom. The molecule has 0 aromatic heterocycles. The van der Waals surface area contributed by atoms with Crippen molar-refractivity contribution in [3.05, 3.63) is 54.6 Å². The molecule has 0 radical (unpaired) electrons. The van der Waals surface area contributed by atoms with Crippen LogP contribution in [-0.4, -0.2) is 41.1 Å². The van der Waals surface area contributed by atoms with Crippen molar-refractivity contribution in [2.75, 3.05) is 37.4 Å². The molecule has 0 atom stereocenters. The summed E-state index contributed by atoms with van der Waals surface area (Å²) in [6, 6.07) is 16.1. The van der Waals surface area contributed by atoms with E-state index >= 15 is 0 Å². The summed E-state index contributed by atoms with van der Waals surface area (Å²) in [5.41, 5.74) is 0.387. The minimum absolute atomic E-state index is 0.0976. The Morgan fingerprint density at radius 2 is 1.62 bits per heavy atom. The first-order chi connectivity index (χ1) is 11.6. The van der Waals surface area contributed by atoms with Gasteiger partial charge in [0.2, 0.25) is 10.0 Å². The largest absolute Gasteiger partial charge is 0.455 e. The van der Waals surface area contributed by atoms with Gasteiger partial charge in [0.05, 0.1) is 31.3 Å². The van der Waals surface area contributed by atoms with E-state index in [0.29, 0.717) is 30.4 Å². The maximum absolute atomic E-state index is 12.2. The lowest BCUT2D eigenvalue weighted by molar-refractivity contribution is 0.0785. The van der Waals surface area contributed by atoms with Crippen molar-refractivity contribution >= 4 is 15.7 Å². The van der Waals surface area contributed by atoms with E-state index in [9.17, 15) is 8.42 Å². The Morgan fingerprint density at radius 3 is 2.38 bits per heavy atom. The second-order valence-electron chi connectivity index (χ2n) is 4.94. The number of nitrogens with one attached hydrogen (secondary N) is 1. The zero-order valence-corrected chi connectivity index (χ0v) is 14.3. The number of hydrogen-bond acceptors (Lipinski definition) is 5. The van der Waals surface area contributed by atoms with Gasteiger partial charge in [-0.1, -0.05) is 30.3 Å². The van der Waals surface area contributed by atoms with Crippen molar-refractivity contribution in [2.45, 2.75) is 0 Å². The van der Waals surface area contributed by atoms with Gasteiger partial charge in [0.25, 0.3) is 0 Å². The van der Waals surface area contributed by atoms with Crippen LogP contribution in [0.15, 0.2) is 54.6 Å². The van der Waals surface area contributed by atoms with E-state index in [0.717, 1.165) is 0 Å². The van der Waals surface area contributed by atoms with Gasteiger partial charge in [-0.2, -0.15) is 0 Å². The van der Waals surface area contributed by atoms with Crippen LogP contribution in [0.3, 0.4) is 0 Å². The van der Waals surface area contributed by atoms with Crippen LogP contribution in [0.1, 0.15) is 0 Å². The summed E-state index contributed by atoms with van der Waals surface area (Å²) in [7, 11) is -1.97. The topological polar surface area (TPSA) is 73.9 Å². The Labute approximate surface area is 142 Å². The molecule has 0 heterocycles. The van der Waals surface area contributed by atoms with E-state index in [1.165, 1.54) is 0 Å². The quantitative estimate of drug-likeness (QED) is 0.666. The standard InChI is InChI=1S/C17H21NO5S/c1-21-11-12-22-13-14-24(19,20)18-16-9-5-6-10-17(16)23-15-7-3-2-4-8-15/h2-10,18H,11-14H2,1H3. The molecule has 0 bridgehead atoms. The van der Waals surface area contributed by atoms with Crippen LogP contribution in [0.5, 0.6) is 11.5 Å². The van der Waals surface area contributed by atoms with Gasteiger partial charge in [0.1, 0.15) is 5.75 Å². The third-order valence-corrected chi connectivity index (χ3v) is 4.29. The van der Waals surface area contributed by atoms with Crippen molar-refractivity contribution < 1.29 is 22.6 Å². The molecule has 0 aliphatic heterocycles. The van der Waals surface area contributed by atoms with Crippen molar-refractivity contribution in [2.24, 2.45) is 0 Å². The molecule has 7 heteroatoms. The third-order valence-electron chi connectivity index (χ3n) is 3.05. The number of benzene rings is 2. The Hall–Kier alpha value is -2.09. The summed E-state index contributed by atoms with van der Waals surface area (Å²) in [6.07, 6.45) is 0. The average Bonchev–Trinajstić information content (AvgIpc) is 2.57. The first-order valence-corrected chi connectivity index (χ1v) is 9.15. The molecular formula is C17H21NO5S. The highest BCUT2D eigenvalue weighted by Gasteiger charge is 2.14. The Bertz CT molecular complexity index is 719. The van der Waals surface area contributed by atoms with Crippen LogP contribution in [0.25, 0.3) is 0 Å². The van der Waals surface area contributed by atoms with Gasteiger partial charge in [-0.3, -0.25) is 4.72 Å². The van der Waals surface area contributed by atoms with E-state index in [2.05, 4.69) is 4.72 Å². The van der Waals surface area contributed by atoms with Gasteiger partial charge in [-0.15, -0.1) is 0 Å². The predicted molar refractivity (Wildman–Crippen MR) is 93.1 cm³/mol.